The smallest absolute Gasteiger partial charge is 0.327 e. The van der Waals surface area contributed by atoms with Crippen LogP contribution in [0.25, 0.3) is 0 Å². The molecule has 1 atom stereocenters. The number of thioether (sulfide) groups is 1. The van der Waals surface area contributed by atoms with Crippen LogP contribution in [-0.2, 0) is 18.3 Å². The van der Waals surface area contributed by atoms with Gasteiger partial charge in [0.2, 0.25) is 0 Å². The number of halogens is 1. The number of aliphatic carboxylic acids is 1. The number of hydrogen-bond donors (Lipinski definition) is 1. The van der Waals surface area contributed by atoms with E-state index in [4.69, 9.17) is 11.6 Å². The summed E-state index contributed by atoms with van der Waals surface area (Å²) in [6.45, 7) is 5.57. The van der Waals surface area contributed by atoms with E-state index in [1.54, 1.807) is 7.05 Å². The van der Waals surface area contributed by atoms with E-state index in [-0.39, 0.29) is 5.69 Å². The van der Waals surface area contributed by atoms with Crippen molar-refractivity contribution in [3.05, 3.63) is 16.4 Å². The standard InChI is InChI=1S/C13H18ClN3O3S/c1-5-7-9(14)10(16(4)15-7)11(18)17-8(12(19)20)6-21-13(17,2)3/h8H,5-6H2,1-4H3,(H,19,20). The third-order valence-electron chi connectivity index (χ3n) is 3.58. The number of rotatable bonds is 3. The lowest BCUT2D eigenvalue weighted by Gasteiger charge is -2.33. The summed E-state index contributed by atoms with van der Waals surface area (Å²) in [5, 5.41) is 13.9. The maximum absolute atomic E-state index is 12.9. The third kappa shape index (κ3) is 2.64. The van der Waals surface area contributed by atoms with Crippen molar-refractivity contribution in [3.8, 4) is 0 Å². The highest BCUT2D eigenvalue weighted by Gasteiger charge is 2.48. The monoisotopic (exact) mass is 331 g/mol. The Labute approximate surface area is 132 Å². The minimum Gasteiger partial charge on any atom is -0.480 e. The van der Waals surface area contributed by atoms with Gasteiger partial charge in [0, 0.05) is 12.8 Å². The summed E-state index contributed by atoms with van der Waals surface area (Å²) in [7, 11) is 1.64. The molecule has 8 heteroatoms. The number of hydrogen-bond acceptors (Lipinski definition) is 4. The largest absolute Gasteiger partial charge is 0.480 e. The van der Waals surface area contributed by atoms with E-state index in [9.17, 15) is 14.7 Å². The number of nitrogens with zero attached hydrogens (tertiary/aromatic N) is 3. The molecule has 1 aromatic heterocycles. The second kappa shape index (κ2) is 5.53. The number of amides is 1. The molecule has 0 radical (unpaired) electrons. The molecule has 0 spiro atoms. The predicted molar refractivity (Wildman–Crippen MR) is 81.7 cm³/mol. The molecule has 0 bridgehead atoms. The number of carbonyl (C=O) groups excluding carboxylic acids is 1. The Kier molecular flexibility index (Phi) is 4.26. The van der Waals surface area contributed by atoms with Gasteiger partial charge in [-0.25, -0.2) is 4.79 Å². The van der Waals surface area contributed by atoms with Crippen LogP contribution >= 0.6 is 23.4 Å². The summed E-state index contributed by atoms with van der Waals surface area (Å²) < 4.78 is 1.43. The summed E-state index contributed by atoms with van der Waals surface area (Å²) in [6, 6.07) is -0.853. The Morgan fingerprint density at radius 1 is 1.52 bits per heavy atom. The van der Waals surface area contributed by atoms with Gasteiger partial charge in [-0.2, -0.15) is 5.10 Å². The number of aromatic nitrogens is 2. The number of carbonyl (C=O) groups is 2. The average Bonchev–Trinajstić information content (AvgIpc) is 2.85. The maximum Gasteiger partial charge on any atom is 0.327 e. The fraction of sp³-hybridized carbons (Fsp3) is 0.615. The van der Waals surface area contributed by atoms with Gasteiger partial charge >= 0.3 is 5.97 Å². The van der Waals surface area contributed by atoms with Crippen LogP contribution in [0.4, 0.5) is 0 Å². The van der Waals surface area contributed by atoms with Crippen LogP contribution in [0.1, 0.15) is 37.0 Å². The molecule has 1 amide bonds. The Hall–Kier alpha value is -1.21. The Morgan fingerprint density at radius 2 is 2.14 bits per heavy atom. The van der Waals surface area contributed by atoms with Gasteiger partial charge in [-0.1, -0.05) is 18.5 Å². The second-order valence-corrected chi connectivity index (χ2v) is 7.37. The zero-order chi connectivity index (χ0) is 15.9. The Bertz CT molecular complexity index is 600. The lowest BCUT2D eigenvalue weighted by Crippen LogP contribution is -2.50. The molecule has 1 unspecified atom stereocenters. The van der Waals surface area contributed by atoms with Gasteiger partial charge in [-0.05, 0) is 20.3 Å². The molecule has 0 aliphatic carbocycles. The molecular formula is C13H18ClN3O3S. The predicted octanol–water partition coefficient (Wildman–Crippen LogP) is 2.01. The fourth-order valence-corrected chi connectivity index (χ4v) is 4.08. The summed E-state index contributed by atoms with van der Waals surface area (Å²) in [6.07, 6.45) is 0.612. The van der Waals surface area contributed by atoms with Crippen molar-refractivity contribution in [1.29, 1.82) is 0 Å². The molecule has 1 aliphatic rings. The molecule has 116 valence electrons. The van der Waals surface area contributed by atoms with Gasteiger partial charge in [0.15, 0.2) is 0 Å². The minimum absolute atomic E-state index is 0.246. The molecular weight excluding hydrogens is 314 g/mol. The highest BCUT2D eigenvalue weighted by Crippen LogP contribution is 2.40. The van der Waals surface area contributed by atoms with E-state index in [1.165, 1.54) is 21.3 Å². The van der Waals surface area contributed by atoms with Gasteiger partial charge in [-0.15, -0.1) is 11.8 Å². The van der Waals surface area contributed by atoms with Crippen LogP contribution in [0.15, 0.2) is 0 Å². The molecule has 6 nitrogen and oxygen atoms in total. The SMILES string of the molecule is CCc1nn(C)c(C(=O)N2C(C(=O)O)CSC2(C)C)c1Cl. The fourth-order valence-electron chi connectivity index (χ4n) is 2.50. The molecule has 21 heavy (non-hydrogen) atoms. The van der Waals surface area contributed by atoms with E-state index in [0.29, 0.717) is 22.9 Å². The first-order valence-corrected chi connectivity index (χ1v) is 7.98. The van der Waals surface area contributed by atoms with Gasteiger partial charge in [-0.3, -0.25) is 9.48 Å². The molecule has 2 heterocycles. The van der Waals surface area contributed by atoms with Crippen LogP contribution < -0.4 is 0 Å². The lowest BCUT2D eigenvalue weighted by atomic mass is 10.2. The second-order valence-electron chi connectivity index (χ2n) is 5.37. The summed E-state index contributed by atoms with van der Waals surface area (Å²) in [4.78, 5) is 25.1. The zero-order valence-electron chi connectivity index (χ0n) is 12.4. The van der Waals surface area contributed by atoms with Crippen LogP contribution in [0.5, 0.6) is 0 Å². The Balaban J connectivity index is 2.47. The lowest BCUT2D eigenvalue weighted by molar-refractivity contribution is -0.141. The molecule has 1 saturated heterocycles. The van der Waals surface area contributed by atoms with Crippen molar-refractivity contribution in [3.63, 3.8) is 0 Å². The van der Waals surface area contributed by atoms with Crippen molar-refractivity contribution < 1.29 is 14.7 Å². The van der Waals surface area contributed by atoms with E-state index < -0.39 is 22.8 Å². The molecule has 0 saturated carbocycles. The van der Waals surface area contributed by atoms with E-state index in [2.05, 4.69) is 5.10 Å². The minimum atomic E-state index is -1.00. The quantitative estimate of drug-likeness (QED) is 0.917. The highest BCUT2D eigenvalue weighted by molar-refractivity contribution is 8.00. The van der Waals surface area contributed by atoms with Crippen molar-refractivity contribution >= 4 is 35.2 Å². The topological polar surface area (TPSA) is 75.4 Å². The van der Waals surface area contributed by atoms with Crippen molar-refractivity contribution in [1.82, 2.24) is 14.7 Å². The van der Waals surface area contributed by atoms with Crippen LogP contribution in [0.2, 0.25) is 5.02 Å². The highest BCUT2D eigenvalue weighted by atomic mass is 35.5. The molecule has 1 N–H and O–H groups in total. The first-order chi connectivity index (χ1) is 9.70. The summed E-state index contributed by atoms with van der Waals surface area (Å²) >= 11 is 7.68. The van der Waals surface area contributed by atoms with Crippen molar-refractivity contribution in [2.24, 2.45) is 7.05 Å². The van der Waals surface area contributed by atoms with E-state index >= 15 is 0 Å². The maximum atomic E-state index is 12.9. The van der Waals surface area contributed by atoms with Gasteiger partial charge in [0.25, 0.3) is 5.91 Å². The molecule has 2 rings (SSSR count). The Morgan fingerprint density at radius 3 is 2.62 bits per heavy atom. The number of carboxylic acid groups (broad SMARTS) is 1. The average molecular weight is 332 g/mol. The first kappa shape index (κ1) is 16.2. The van der Waals surface area contributed by atoms with Crippen molar-refractivity contribution in [2.75, 3.05) is 5.75 Å². The van der Waals surface area contributed by atoms with E-state index in [0.717, 1.165) is 0 Å². The van der Waals surface area contributed by atoms with E-state index in [1.807, 2.05) is 20.8 Å². The van der Waals surface area contributed by atoms with Gasteiger partial charge in [0.05, 0.1) is 15.6 Å². The normalized spacial score (nSPS) is 20.8. The molecule has 1 aromatic rings. The first-order valence-electron chi connectivity index (χ1n) is 6.62. The van der Waals surface area contributed by atoms with Crippen LogP contribution in [-0.4, -0.2) is 48.3 Å². The number of aryl methyl sites for hydroxylation is 2. The molecule has 1 fully saturated rings. The van der Waals surface area contributed by atoms with Crippen molar-refractivity contribution in [2.45, 2.75) is 38.1 Å². The van der Waals surface area contributed by atoms with Gasteiger partial charge in [0.1, 0.15) is 11.7 Å². The summed E-state index contributed by atoms with van der Waals surface area (Å²) in [5.74, 6) is -1.03. The molecule has 0 aromatic carbocycles. The summed E-state index contributed by atoms with van der Waals surface area (Å²) in [5.41, 5.74) is 0.884. The number of carboxylic acids is 1. The van der Waals surface area contributed by atoms with Crippen LogP contribution in [0.3, 0.4) is 0 Å². The third-order valence-corrected chi connectivity index (χ3v) is 5.37. The zero-order valence-corrected chi connectivity index (χ0v) is 14.0. The van der Waals surface area contributed by atoms with Crippen LogP contribution in [0, 0.1) is 0 Å². The van der Waals surface area contributed by atoms with Gasteiger partial charge < -0.3 is 10.0 Å². The molecule has 1 aliphatic heterocycles.